The molecule has 3 aromatic rings. The van der Waals surface area contributed by atoms with Crippen molar-refractivity contribution in [2.75, 3.05) is 4.90 Å². The number of rotatable bonds is 5. The Morgan fingerprint density at radius 1 is 0.938 bits per heavy atom. The van der Waals surface area contributed by atoms with Crippen molar-refractivity contribution < 1.29 is 19.1 Å². The molecule has 0 unspecified atom stereocenters. The predicted octanol–water partition coefficient (Wildman–Crippen LogP) is 4.89. The Bertz CT molecular complexity index is 1220. The van der Waals surface area contributed by atoms with Crippen molar-refractivity contribution in [3.05, 3.63) is 100 Å². The van der Waals surface area contributed by atoms with Crippen LogP contribution < -0.4 is 15.0 Å². The van der Waals surface area contributed by atoms with E-state index in [4.69, 9.17) is 16.3 Å². The van der Waals surface area contributed by atoms with E-state index in [1.54, 1.807) is 42.5 Å². The molecule has 1 aliphatic heterocycles. The maximum absolute atomic E-state index is 13.0. The number of halogens is 1. The van der Waals surface area contributed by atoms with Gasteiger partial charge in [-0.2, -0.15) is 0 Å². The lowest BCUT2D eigenvalue weighted by atomic mass is 10.0. The Hall–Kier alpha value is -3.90. The lowest BCUT2D eigenvalue weighted by Crippen LogP contribution is -2.54. The van der Waals surface area contributed by atoms with Gasteiger partial charge >= 0.3 is 6.03 Å². The summed E-state index contributed by atoms with van der Waals surface area (Å²) >= 11 is 5.89. The third kappa shape index (κ3) is 4.55. The van der Waals surface area contributed by atoms with Gasteiger partial charge in [0.1, 0.15) is 17.9 Å². The number of nitrogens with zero attached hydrogens (tertiary/aromatic N) is 1. The van der Waals surface area contributed by atoms with Gasteiger partial charge in [-0.15, -0.1) is 0 Å². The van der Waals surface area contributed by atoms with Gasteiger partial charge in [-0.1, -0.05) is 48.0 Å². The van der Waals surface area contributed by atoms with Gasteiger partial charge < -0.3 is 4.74 Å². The number of carbonyl (C=O) groups excluding carboxylic acids is 3. The van der Waals surface area contributed by atoms with Gasteiger partial charge in [0, 0.05) is 5.02 Å². The number of nitrogens with one attached hydrogen (secondary N) is 1. The van der Waals surface area contributed by atoms with Crippen LogP contribution in [0.15, 0.2) is 78.4 Å². The molecular formula is C25H19ClN2O4. The highest BCUT2D eigenvalue weighted by molar-refractivity contribution is 6.39. The average molecular weight is 447 g/mol. The fourth-order valence-corrected chi connectivity index (χ4v) is 3.36. The second-order valence-electron chi connectivity index (χ2n) is 7.22. The Morgan fingerprint density at radius 3 is 2.31 bits per heavy atom. The SMILES string of the molecule is Cc1ccccc1/C=C1\C(=O)NC(=O)N(c2ccc(OCc3ccc(Cl)cc3)cc2)C1=O. The van der Waals surface area contributed by atoms with E-state index in [0.29, 0.717) is 23.1 Å². The number of ether oxygens (including phenoxy) is 1. The largest absolute Gasteiger partial charge is 0.489 e. The predicted molar refractivity (Wildman–Crippen MR) is 122 cm³/mol. The first-order chi connectivity index (χ1) is 15.4. The highest BCUT2D eigenvalue weighted by Crippen LogP contribution is 2.25. The van der Waals surface area contributed by atoms with Crippen LogP contribution in [-0.4, -0.2) is 17.8 Å². The third-order valence-electron chi connectivity index (χ3n) is 5.00. The van der Waals surface area contributed by atoms with Crippen molar-refractivity contribution in [3.8, 4) is 5.75 Å². The highest BCUT2D eigenvalue weighted by Gasteiger charge is 2.36. The number of hydrogen-bond donors (Lipinski definition) is 1. The van der Waals surface area contributed by atoms with Crippen molar-refractivity contribution in [2.24, 2.45) is 0 Å². The summed E-state index contributed by atoms with van der Waals surface area (Å²) in [6.45, 7) is 2.22. The molecule has 3 aromatic carbocycles. The van der Waals surface area contributed by atoms with Crippen molar-refractivity contribution in [3.63, 3.8) is 0 Å². The summed E-state index contributed by atoms with van der Waals surface area (Å²) in [7, 11) is 0. The highest BCUT2D eigenvalue weighted by atomic mass is 35.5. The lowest BCUT2D eigenvalue weighted by Gasteiger charge is -2.26. The zero-order valence-corrected chi connectivity index (χ0v) is 17.9. The molecule has 1 N–H and O–H groups in total. The summed E-state index contributed by atoms with van der Waals surface area (Å²) in [5.41, 5.74) is 2.81. The maximum Gasteiger partial charge on any atom is 0.335 e. The topological polar surface area (TPSA) is 75.7 Å². The molecule has 0 atom stereocenters. The van der Waals surface area contributed by atoms with Gasteiger partial charge in [-0.05, 0) is 66.1 Å². The van der Waals surface area contributed by atoms with Crippen LogP contribution in [0.5, 0.6) is 5.75 Å². The summed E-state index contributed by atoms with van der Waals surface area (Å²) in [5.74, 6) is -0.834. The normalized spacial score (nSPS) is 15.1. The van der Waals surface area contributed by atoms with Crippen LogP contribution in [0.1, 0.15) is 16.7 Å². The number of imide groups is 2. The second-order valence-corrected chi connectivity index (χ2v) is 7.66. The summed E-state index contributed by atoms with van der Waals surface area (Å²) in [4.78, 5) is 38.7. The van der Waals surface area contributed by atoms with Gasteiger partial charge in [-0.25, -0.2) is 9.69 Å². The van der Waals surface area contributed by atoms with Crippen LogP contribution in [0, 0.1) is 6.92 Å². The molecule has 0 spiro atoms. The van der Waals surface area contributed by atoms with Gasteiger partial charge in [0.15, 0.2) is 0 Å². The van der Waals surface area contributed by atoms with Gasteiger partial charge in [0.25, 0.3) is 11.8 Å². The van der Waals surface area contributed by atoms with Crippen molar-refractivity contribution >= 4 is 41.2 Å². The number of benzene rings is 3. The number of anilines is 1. The number of hydrogen-bond acceptors (Lipinski definition) is 4. The Kier molecular flexibility index (Phi) is 6.05. The quantitative estimate of drug-likeness (QED) is 0.447. The van der Waals surface area contributed by atoms with E-state index in [0.717, 1.165) is 21.6 Å². The molecule has 6 nitrogen and oxygen atoms in total. The molecule has 1 fully saturated rings. The van der Waals surface area contributed by atoms with Gasteiger partial charge in [-0.3, -0.25) is 14.9 Å². The molecule has 1 aliphatic rings. The molecule has 4 amide bonds. The minimum absolute atomic E-state index is 0.109. The van der Waals surface area contributed by atoms with Crippen molar-refractivity contribution in [1.82, 2.24) is 5.32 Å². The molecule has 0 aliphatic carbocycles. The molecule has 1 saturated heterocycles. The van der Waals surface area contributed by atoms with E-state index in [9.17, 15) is 14.4 Å². The standard InChI is InChI=1S/C25H19ClN2O4/c1-16-4-2-3-5-18(16)14-22-23(29)27-25(31)28(24(22)30)20-10-12-21(13-11-20)32-15-17-6-8-19(26)9-7-17/h2-14H,15H2,1H3,(H,27,29,31)/b22-14+. The Balaban J connectivity index is 1.53. The molecule has 4 rings (SSSR count). The Labute approximate surface area is 190 Å². The number of urea groups is 1. The van der Waals surface area contributed by atoms with Crippen LogP contribution in [-0.2, 0) is 16.2 Å². The van der Waals surface area contributed by atoms with Crippen molar-refractivity contribution in [2.45, 2.75) is 13.5 Å². The van der Waals surface area contributed by atoms with E-state index in [-0.39, 0.29) is 5.57 Å². The molecule has 0 aromatic heterocycles. The number of amides is 4. The van der Waals surface area contributed by atoms with E-state index in [1.807, 2.05) is 37.3 Å². The van der Waals surface area contributed by atoms with Crippen LogP contribution in [0.2, 0.25) is 5.02 Å². The first-order valence-corrected chi connectivity index (χ1v) is 10.2. The fraction of sp³-hybridized carbons (Fsp3) is 0.0800. The summed E-state index contributed by atoms with van der Waals surface area (Å²) in [6, 6.07) is 20.4. The molecule has 0 bridgehead atoms. The van der Waals surface area contributed by atoms with Gasteiger partial charge in [0.2, 0.25) is 0 Å². The molecular weight excluding hydrogens is 428 g/mol. The first-order valence-electron chi connectivity index (χ1n) is 9.87. The van der Waals surface area contributed by atoms with Crippen LogP contribution in [0.25, 0.3) is 6.08 Å². The average Bonchev–Trinajstić information content (AvgIpc) is 2.78. The molecule has 0 saturated carbocycles. The first kappa shape index (κ1) is 21.3. The fourth-order valence-electron chi connectivity index (χ4n) is 3.23. The van der Waals surface area contributed by atoms with Crippen LogP contribution in [0.4, 0.5) is 10.5 Å². The van der Waals surface area contributed by atoms with Crippen LogP contribution in [0.3, 0.4) is 0 Å². The molecule has 32 heavy (non-hydrogen) atoms. The second kappa shape index (κ2) is 9.08. The number of barbiturate groups is 1. The summed E-state index contributed by atoms with van der Waals surface area (Å²) in [6.07, 6.45) is 1.50. The lowest BCUT2D eigenvalue weighted by molar-refractivity contribution is -0.122. The molecule has 1 heterocycles. The molecule has 7 heteroatoms. The minimum atomic E-state index is -0.795. The summed E-state index contributed by atoms with van der Waals surface area (Å²) in [5, 5.41) is 2.88. The van der Waals surface area contributed by atoms with E-state index in [2.05, 4.69) is 5.32 Å². The number of aryl methyl sites for hydroxylation is 1. The molecule has 160 valence electrons. The number of carbonyl (C=O) groups is 3. The summed E-state index contributed by atoms with van der Waals surface area (Å²) < 4.78 is 5.75. The third-order valence-corrected chi connectivity index (χ3v) is 5.26. The smallest absolute Gasteiger partial charge is 0.335 e. The van der Waals surface area contributed by atoms with Gasteiger partial charge in [0.05, 0.1) is 5.69 Å². The minimum Gasteiger partial charge on any atom is -0.489 e. The zero-order chi connectivity index (χ0) is 22.7. The van der Waals surface area contributed by atoms with E-state index < -0.39 is 17.8 Å². The molecule has 0 radical (unpaired) electrons. The maximum atomic E-state index is 13.0. The zero-order valence-electron chi connectivity index (χ0n) is 17.2. The van der Waals surface area contributed by atoms with E-state index in [1.165, 1.54) is 6.08 Å². The van der Waals surface area contributed by atoms with Crippen molar-refractivity contribution in [1.29, 1.82) is 0 Å². The monoisotopic (exact) mass is 446 g/mol. The Morgan fingerprint density at radius 2 is 1.62 bits per heavy atom. The van der Waals surface area contributed by atoms with Crippen LogP contribution >= 0.6 is 11.6 Å². The van der Waals surface area contributed by atoms with E-state index >= 15 is 0 Å².